The minimum atomic E-state index is -4.56. The number of amides is 1. The van der Waals surface area contributed by atoms with Crippen LogP contribution in [0.4, 0.5) is 18.9 Å². The molecule has 7 heteroatoms. The summed E-state index contributed by atoms with van der Waals surface area (Å²) < 4.78 is 44.7. The second-order valence-corrected chi connectivity index (χ2v) is 7.29. The maximum absolute atomic E-state index is 13.0. The van der Waals surface area contributed by atoms with Crippen LogP contribution in [0.25, 0.3) is 10.8 Å². The molecule has 4 aromatic rings. The maximum atomic E-state index is 13.0. The highest BCUT2D eigenvalue weighted by Gasteiger charge is 2.31. The SMILES string of the molecule is O=C(OC(C(=O)Nc1cccc(C(F)(F)F)c1)c1ccccc1)c1cccc2ccccc12. The summed E-state index contributed by atoms with van der Waals surface area (Å²) >= 11 is 0. The van der Waals surface area contributed by atoms with E-state index in [2.05, 4.69) is 5.32 Å². The van der Waals surface area contributed by atoms with Crippen LogP contribution in [0.1, 0.15) is 27.6 Å². The van der Waals surface area contributed by atoms with Crippen LogP contribution in [0, 0.1) is 0 Å². The Balaban J connectivity index is 1.63. The van der Waals surface area contributed by atoms with Gasteiger partial charge in [-0.25, -0.2) is 4.79 Å². The Labute approximate surface area is 187 Å². The highest BCUT2D eigenvalue weighted by Crippen LogP contribution is 2.31. The van der Waals surface area contributed by atoms with Gasteiger partial charge in [-0.15, -0.1) is 0 Å². The summed E-state index contributed by atoms with van der Waals surface area (Å²) in [6.07, 6.45) is -5.92. The van der Waals surface area contributed by atoms with E-state index < -0.39 is 29.7 Å². The van der Waals surface area contributed by atoms with Gasteiger partial charge in [-0.3, -0.25) is 4.79 Å². The molecule has 0 aliphatic heterocycles. The fraction of sp³-hybridized carbons (Fsp3) is 0.0769. The monoisotopic (exact) mass is 449 g/mol. The van der Waals surface area contributed by atoms with Crippen molar-refractivity contribution in [2.45, 2.75) is 12.3 Å². The third-order valence-corrected chi connectivity index (χ3v) is 5.03. The van der Waals surface area contributed by atoms with Crippen molar-refractivity contribution in [1.29, 1.82) is 0 Å². The molecule has 166 valence electrons. The molecule has 4 aromatic carbocycles. The minimum absolute atomic E-state index is 0.0584. The van der Waals surface area contributed by atoms with Crippen LogP contribution in [-0.2, 0) is 15.7 Å². The van der Waals surface area contributed by atoms with E-state index in [1.54, 1.807) is 54.6 Å². The van der Waals surface area contributed by atoms with Gasteiger partial charge in [0.2, 0.25) is 6.10 Å². The average molecular weight is 449 g/mol. The van der Waals surface area contributed by atoms with Crippen LogP contribution < -0.4 is 5.32 Å². The van der Waals surface area contributed by atoms with Crippen molar-refractivity contribution in [1.82, 2.24) is 0 Å². The van der Waals surface area contributed by atoms with Crippen LogP contribution in [0.5, 0.6) is 0 Å². The van der Waals surface area contributed by atoms with Gasteiger partial charge >= 0.3 is 12.1 Å². The smallest absolute Gasteiger partial charge is 0.416 e. The molecule has 0 aliphatic carbocycles. The summed E-state index contributed by atoms with van der Waals surface area (Å²) in [5, 5.41) is 3.92. The summed E-state index contributed by atoms with van der Waals surface area (Å²) in [4.78, 5) is 26.1. The summed E-state index contributed by atoms with van der Waals surface area (Å²) in [5.41, 5.74) is -0.294. The number of esters is 1. The minimum Gasteiger partial charge on any atom is -0.444 e. The van der Waals surface area contributed by atoms with E-state index in [-0.39, 0.29) is 11.3 Å². The van der Waals surface area contributed by atoms with Gasteiger partial charge in [-0.05, 0) is 35.0 Å². The first-order valence-electron chi connectivity index (χ1n) is 10.0. The fourth-order valence-electron chi connectivity index (χ4n) is 3.46. The molecule has 0 heterocycles. The lowest BCUT2D eigenvalue weighted by atomic mass is 10.0. The fourth-order valence-corrected chi connectivity index (χ4v) is 3.46. The number of halogens is 3. The van der Waals surface area contributed by atoms with Gasteiger partial charge < -0.3 is 10.1 Å². The number of fused-ring (bicyclic) bond motifs is 1. The maximum Gasteiger partial charge on any atom is 0.416 e. The number of anilines is 1. The molecule has 0 fully saturated rings. The normalized spacial score (nSPS) is 12.2. The third-order valence-electron chi connectivity index (χ3n) is 5.03. The van der Waals surface area contributed by atoms with Gasteiger partial charge in [0.25, 0.3) is 5.91 Å². The summed E-state index contributed by atoms with van der Waals surface area (Å²) in [6, 6.07) is 24.9. The summed E-state index contributed by atoms with van der Waals surface area (Å²) in [7, 11) is 0. The molecule has 0 radical (unpaired) electrons. The summed E-state index contributed by atoms with van der Waals surface area (Å²) in [6.45, 7) is 0. The van der Waals surface area contributed by atoms with E-state index in [0.717, 1.165) is 17.5 Å². The van der Waals surface area contributed by atoms with Gasteiger partial charge in [0.15, 0.2) is 0 Å². The quantitative estimate of drug-likeness (QED) is 0.359. The van der Waals surface area contributed by atoms with E-state index in [4.69, 9.17) is 4.74 Å². The summed E-state index contributed by atoms with van der Waals surface area (Å²) in [5.74, 6) is -1.49. The van der Waals surface area contributed by atoms with Crippen molar-refractivity contribution in [3.8, 4) is 0 Å². The standard InChI is InChI=1S/C26H18F3NO3/c27-26(28,29)19-12-7-13-20(16-19)30-24(31)23(18-9-2-1-3-10-18)33-25(32)22-15-6-11-17-8-4-5-14-21(17)22/h1-16,23H,(H,30,31). The number of hydrogen-bond donors (Lipinski definition) is 1. The van der Waals surface area contributed by atoms with Crippen molar-refractivity contribution >= 4 is 28.3 Å². The van der Waals surface area contributed by atoms with Gasteiger partial charge in [-0.2, -0.15) is 13.2 Å². The predicted octanol–water partition coefficient (Wildman–Crippen LogP) is 6.40. The first kappa shape index (κ1) is 22.1. The molecule has 1 atom stereocenters. The number of hydrogen-bond acceptors (Lipinski definition) is 3. The van der Waals surface area contributed by atoms with Crippen molar-refractivity contribution in [2.24, 2.45) is 0 Å². The lowest BCUT2D eigenvalue weighted by molar-refractivity contribution is -0.137. The Bertz CT molecular complexity index is 1300. The topological polar surface area (TPSA) is 55.4 Å². The number of carbonyl (C=O) groups excluding carboxylic acids is 2. The van der Waals surface area contributed by atoms with Crippen molar-refractivity contribution in [3.05, 3.63) is 114 Å². The van der Waals surface area contributed by atoms with Gasteiger partial charge in [0.05, 0.1) is 11.1 Å². The number of ether oxygens (including phenoxy) is 1. The molecule has 33 heavy (non-hydrogen) atoms. The van der Waals surface area contributed by atoms with E-state index in [9.17, 15) is 22.8 Å². The molecule has 1 unspecified atom stereocenters. The molecule has 0 bridgehead atoms. The molecule has 0 saturated heterocycles. The average Bonchev–Trinajstić information content (AvgIpc) is 2.82. The van der Waals surface area contributed by atoms with Gasteiger partial charge in [-0.1, -0.05) is 72.8 Å². The number of benzene rings is 4. The van der Waals surface area contributed by atoms with E-state index in [1.165, 1.54) is 12.1 Å². The Morgan fingerprint density at radius 2 is 1.45 bits per heavy atom. The third kappa shape index (κ3) is 5.03. The van der Waals surface area contributed by atoms with Gasteiger partial charge in [0, 0.05) is 11.3 Å². The van der Waals surface area contributed by atoms with Crippen LogP contribution in [-0.4, -0.2) is 11.9 Å². The zero-order chi connectivity index (χ0) is 23.4. The lowest BCUT2D eigenvalue weighted by Crippen LogP contribution is -2.26. The van der Waals surface area contributed by atoms with Crippen molar-refractivity contribution < 1.29 is 27.5 Å². The molecule has 4 nitrogen and oxygen atoms in total. The van der Waals surface area contributed by atoms with Gasteiger partial charge in [0.1, 0.15) is 0 Å². The first-order valence-corrected chi connectivity index (χ1v) is 10.0. The lowest BCUT2D eigenvalue weighted by Gasteiger charge is -2.19. The molecular weight excluding hydrogens is 431 g/mol. The molecule has 4 rings (SSSR count). The number of alkyl halides is 3. The van der Waals surface area contributed by atoms with Crippen molar-refractivity contribution in [2.75, 3.05) is 5.32 Å². The molecule has 1 amide bonds. The van der Waals surface area contributed by atoms with E-state index in [0.29, 0.717) is 10.9 Å². The zero-order valence-electron chi connectivity index (χ0n) is 17.2. The Kier molecular flexibility index (Phi) is 6.13. The van der Waals surface area contributed by atoms with E-state index in [1.807, 2.05) is 18.2 Å². The number of nitrogens with one attached hydrogen (secondary N) is 1. The first-order chi connectivity index (χ1) is 15.8. The Hall–Kier alpha value is -4.13. The molecule has 0 spiro atoms. The highest BCUT2D eigenvalue weighted by atomic mass is 19.4. The number of carbonyl (C=O) groups is 2. The second kappa shape index (κ2) is 9.16. The zero-order valence-corrected chi connectivity index (χ0v) is 17.2. The highest BCUT2D eigenvalue weighted by molar-refractivity contribution is 6.06. The van der Waals surface area contributed by atoms with Crippen molar-refractivity contribution in [3.63, 3.8) is 0 Å². The Morgan fingerprint density at radius 3 is 2.21 bits per heavy atom. The molecule has 1 N–H and O–H groups in total. The second-order valence-electron chi connectivity index (χ2n) is 7.29. The molecule has 0 aromatic heterocycles. The molecule has 0 saturated carbocycles. The van der Waals surface area contributed by atoms with E-state index >= 15 is 0 Å². The largest absolute Gasteiger partial charge is 0.444 e. The molecule has 0 aliphatic rings. The van der Waals surface area contributed by atoms with Crippen LogP contribution in [0.3, 0.4) is 0 Å². The Morgan fingerprint density at radius 1 is 0.788 bits per heavy atom. The predicted molar refractivity (Wildman–Crippen MR) is 119 cm³/mol. The van der Waals surface area contributed by atoms with Crippen LogP contribution in [0.15, 0.2) is 97.1 Å². The van der Waals surface area contributed by atoms with Crippen LogP contribution >= 0.6 is 0 Å². The number of rotatable bonds is 5. The molecular formula is C26H18F3NO3. The van der Waals surface area contributed by atoms with Crippen LogP contribution in [0.2, 0.25) is 0 Å².